The van der Waals surface area contributed by atoms with E-state index in [1.165, 1.54) is 0 Å². The van der Waals surface area contributed by atoms with Gasteiger partial charge in [-0.1, -0.05) is 0 Å². The number of carbonyl (C=O) groups is 2. The van der Waals surface area contributed by atoms with Gasteiger partial charge < -0.3 is 9.84 Å². The zero-order valence-corrected chi connectivity index (χ0v) is 3.75. The molecule has 4 heteroatoms. The summed E-state index contributed by atoms with van der Waals surface area (Å²) < 4.78 is 3.72. The van der Waals surface area contributed by atoms with E-state index in [1.807, 2.05) is 0 Å². The van der Waals surface area contributed by atoms with Gasteiger partial charge in [0.15, 0.2) is 0 Å². The lowest BCUT2D eigenvalue weighted by Gasteiger charge is -1.71. The minimum atomic E-state index is -1.33. The first-order valence-corrected chi connectivity index (χ1v) is 1.60. The fourth-order valence-corrected chi connectivity index (χ4v) is 0.0972. The van der Waals surface area contributed by atoms with E-state index in [0.717, 1.165) is 0 Å². The van der Waals surface area contributed by atoms with E-state index in [0.29, 0.717) is 0 Å². The Morgan fingerprint density at radius 3 is 2.75 bits per heavy atom. The number of carboxylic acids is 1. The van der Waals surface area contributed by atoms with Gasteiger partial charge in [0.05, 0.1) is 5.92 Å². The van der Waals surface area contributed by atoms with Crippen LogP contribution in [0.4, 0.5) is 0 Å². The number of carbonyl (C=O) groups excluding carboxylic acids is 1. The average molecular weight is 114 g/mol. The van der Waals surface area contributed by atoms with Crippen molar-refractivity contribution in [2.45, 2.75) is 0 Å². The Morgan fingerprint density at radius 1 is 1.75 bits per heavy atom. The first kappa shape index (κ1) is 6.50. The topological polar surface area (TPSA) is 63.6 Å². The van der Waals surface area contributed by atoms with Crippen molar-refractivity contribution in [2.75, 3.05) is 0 Å². The third-order valence-electron chi connectivity index (χ3n) is 0.265. The third-order valence-corrected chi connectivity index (χ3v) is 0.265. The Bertz CT molecular complexity index is 149. The van der Waals surface area contributed by atoms with Gasteiger partial charge in [0, 0.05) is 0 Å². The maximum Gasteiger partial charge on any atom is 0.385 e. The minimum absolute atomic E-state index is 0.0515. The Balaban J connectivity index is 3.50. The van der Waals surface area contributed by atoms with Gasteiger partial charge in [0.25, 0.3) is 0 Å². The van der Waals surface area contributed by atoms with Crippen molar-refractivity contribution in [1.29, 1.82) is 0 Å². The standard InChI is InChI=1S/C4H2O4/c5-3-8-2-1-4(6)7/h3H,(H,6,7). The van der Waals surface area contributed by atoms with Gasteiger partial charge in [-0.3, -0.25) is 4.79 Å². The largest absolute Gasteiger partial charge is 0.472 e. The highest BCUT2D eigenvalue weighted by Crippen LogP contribution is 1.57. The van der Waals surface area contributed by atoms with Gasteiger partial charge in [0.1, 0.15) is 6.11 Å². The molecule has 0 aliphatic carbocycles. The number of ether oxygens (including phenoxy) is 1. The Kier molecular flexibility index (Phi) is 2.99. The van der Waals surface area contributed by atoms with E-state index in [9.17, 15) is 9.59 Å². The molecular formula is C4H2O4. The molecule has 0 saturated heterocycles. The molecule has 42 valence electrons. The van der Waals surface area contributed by atoms with E-state index in [2.05, 4.69) is 4.74 Å². The molecule has 0 aromatic carbocycles. The van der Waals surface area contributed by atoms with E-state index in [4.69, 9.17) is 5.11 Å². The molecule has 0 aromatic heterocycles. The summed E-state index contributed by atoms with van der Waals surface area (Å²) in [6.07, 6.45) is 1.62. The van der Waals surface area contributed by atoms with Crippen molar-refractivity contribution in [1.82, 2.24) is 0 Å². The predicted molar refractivity (Wildman–Crippen MR) is 22.6 cm³/mol. The first-order valence-electron chi connectivity index (χ1n) is 1.60. The molecule has 0 bridgehead atoms. The van der Waals surface area contributed by atoms with Gasteiger partial charge in [-0.2, -0.15) is 0 Å². The molecule has 8 heavy (non-hydrogen) atoms. The molecule has 0 unspecified atom stereocenters. The molecule has 0 aliphatic rings. The van der Waals surface area contributed by atoms with E-state index in [1.54, 1.807) is 12.0 Å². The smallest absolute Gasteiger partial charge is 0.385 e. The molecule has 0 atom stereocenters. The number of hydrogen-bond donors (Lipinski definition) is 1. The van der Waals surface area contributed by atoms with Crippen LogP contribution in [0.2, 0.25) is 0 Å². The Labute approximate surface area is 45.1 Å². The van der Waals surface area contributed by atoms with Crippen LogP contribution in [0.5, 0.6) is 0 Å². The highest BCUT2D eigenvalue weighted by atomic mass is 16.5. The summed E-state index contributed by atoms with van der Waals surface area (Å²) in [6.45, 7) is 0.0515. The van der Waals surface area contributed by atoms with E-state index < -0.39 is 5.97 Å². The monoisotopic (exact) mass is 114 g/mol. The second-order valence-corrected chi connectivity index (χ2v) is 0.746. The van der Waals surface area contributed by atoms with Crippen LogP contribution < -0.4 is 0 Å². The maximum atomic E-state index is 9.50. The highest BCUT2D eigenvalue weighted by Gasteiger charge is 1.80. The Hall–Kier alpha value is -1.50. The molecule has 0 aliphatic heterocycles. The van der Waals surface area contributed by atoms with E-state index in [-0.39, 0.29) is 6.47 Å². The number of rotatable bonds is 1. The summed E-state index contributed by atoms with van der Waals surface area (Å²) in [5.41, 5.74) is 0. The molecule has 0 rings (SSSR count). The van der Waals surface area contributed by atoms with Crippen LogP contribution in [0.25, 0.3) is 0 Å². The van der Waals surface area contributed by atoms with Gasteiger partial charge in [-0.05, 0) is 0 Å². The zero-order valence-electron chi connectivity index (χ0n) is 3.75. The minimum Gasteiger partial charge on any atom is -0.472 e. The van der Waals surface area contributed by atoms with Crippen molar-refractivity contribution >= 4 is 12.4 Å². The summed E-state index contributed by atoms with van der Waals surface area (Å²) in [6, 6.07) is 0. The molecule has 0 fully saturated rings. The van der Waals surface area contributed by atoms with Crippen molar-refractivity contribution in [2.24, 2.45) is 0 Å². The second-order valence-electron chi connectivity index (χ2n) is 0.746. The predicted octanol–water partition coefficient (Wildman–Crippen LogP) is -0.795. The van der Waals surface area contributed by atoms with Crippen molar-refractivity contribution in [3.63, 3.8) is 0 Å². The van der Waals surface area contributed by atoms with Crippen LogP contribution in [-0.2, 0) is 14.3 Å². The second kappa shape index (κ2) is 3.68. The first-order chi connectivity index (χ1) is 3.77. The lowest BCUT2D eigenvalue weighted by molar-refractivity contribution is -0.130. The quantitative estimate of drug-likeness (QED) is 0.358. The van der Waals surface area contributed by atoms with Gasteiger partial charge in [-0.25, -0.2) is 4.79 Å². The third kappa shape index (κ3) is 4.50. The summed E-state index contributed by atoms with van der Waals surface area (Å²) >= 11 is 0. The van der Waals surface area contributed by atoms with Gasteiger partial charge >= 0.3 is 12.4 Å². The molecular weight excluding hydrogens is 112 g/mol. The Morgan fingerprint density at radius 2 is 2.38 bits per heavy atom. The fourth-order valence-electron chi connectivity index (χ4n) is 0.0972. The molecule has 0 radical (unpaired) electrons. The average Bonchev–Trinajstić information content (AvgIpc) is 1.66. The maximum absolute atomic E-state index is 9.50. The van der Waals surface area contributed by atoms with Crippen molar-refractivity contribution < 1.29 is 19.4 Å². The fraction of sp³-hybridized carbons (Fsp3) is 0. The molecule has 0 heterocycles. The molecule has 0 saturated carbocycles. The molecule has 4 nitrogen and oxygen atoms in total. The zero-order chi connectivity index (χ0) is 6.41. The summed E-state index contributed by atoms with van der Waals surface area (Å²) in [5.74, 6) is 0.233. The number of carboxylic acid groups (broad SMARTS) is 1. The highest BCUT2D eigenvalue weighted by molar-refractivity contribution is 5.86. The SMILES string of the molecule is O=COC#CC(=O)O. The number of aliphatic carboxylic acids is 1. The summed E-state index contributed by atoms with van der Waals surface area (Å²) in [7, 11) is 0. The normalized spacial score (nSPS) is 6.00. The molecule has 0 aromatic rings. The number of hydrogen-bond acceptors (Lipinski definition) is 3. The van der Waals surface area contributed by atoms with Gasteiger partial charge in [-0.15, -0.1) is 0 Å². The summed E-state index contributed by atoms with van der Waals surface area (Å²) in [5, 5.41) is 7.77. The van der Waals surface area contributed by atoms with E-state index >= 15 is 0 Å². The molecule has 0 amide bonds. The van der Waals surface area contributed by atoms with Crippen molar-refractivity contribution in [3.05, 3.63) is 0 Å². The van der Waals surface area contributed by atoms with Gasteiger partial charge in [0.2, 0.25) is 0 Å². The van der Waals surface area contributed by atoms with Crippen LogP contribution in [0, 0.1) is 12.0 Å². The van der Waals surface area contributed by atoms with Crippen LogP contribution in [0.3, 0.4) is 0 Å². The lowest BCUT2D eigenvalue weighted by Crippen LogP contribution is -1.87. The van der Waals surface area contributed by atoms with Crippen LogP contribution in [0.1, 0.15) is 0 Å². The van der Waals surface area contributed by atoms with Crippen molar-refractivity contribution in [3.8, 4) is 12.0 Å². The van der Waals surface area contributed by atoms with Crippen LogP contribution >= 0.6 is 0 Å². The lowest BCUT2D eigenvalue weighted by atomic mass is 10.7. The molecule has 1 N–H and O–H groups in total. The summed E-state index contributed by atoms with van der Waals surface area (Å²) in [4.78, 5) is 18.8. The van der Waals surface area contributed by atoms with Crippen LogP contribution in [-0.4, -0.2) is 17.5 Å². The van der Waals surface area contributed by atoms with Crippen LogP contribution in [0.15, 0.2) is 0 Å². The molecule has 0 spiro atoms.